The lowest BCUT2D eigenvalue weighted by Gasteiger charge is -2.49. The predicted octanol–water partition coefficient (Wildman–Crippen LogP) is 3.24. The molecule has 182 valence electrons. The van der Waals surface area contributed by atoms with Gasteiger partial charge in [-0.2, -0.15) is 0 Å². The molecule has 0 radical (unpaired) electrons. The third-order valence-corrected chi connectivity index (χ3v) is 7.79. The lowest BCUT2D eigenvalue weighted by atomic mass is 9.96. The van der Waals surface area contributed by atoms with Crippen LogP contribution >= 0.6 is 0 Å². The van der Waals surface area contributed by atoms with Crippen molar-refractivity contribution in [3.63, 3.8) is 0 Å². The molecule has 3 aliphatic heterocycles. The summed E-state index contributed by atoms with van der Waals surface area (Å²) >= 11 is 0. The van der Waals surface area contributed by atoms with E-state index in [0.29, 0.717) is 42.4 Å². The molecule has 0 aromatic heterocycles. The minimum atomic E-state index is 0.123. The van der Waals surface area contributed by atoms with Gasteiger partial charge in [0.15, 0.2) is 0 Å². The highest BCUT2D eigenvalue weighted by Gasteiger charge is 2.38. The van der Waals surface area contributed by atoms with Gasteiger partial charge in [0, 0.05) is 55.4 Å². The molecule has 6 nitrogen and oxygen atoms in total. The molecule has 4 unspecified atom stereocenters. The minimum Gasteiger partial charge on any atom is -0.379 e. The quantitative estimate of drug-likeness (QED) is 0.606. The summed E-state index contributed by atoms with van der Waals surface area (Å²) in [7, 11) is 0. The molecule has 3 saturated heterocycles. The molecule has 6 heteroatoms. The molecule has 0 bridgehead atoms. The number of morpholine rings is 3. The van der Waals surface area contributed by atoms with Crippen LogP contribution in [0.15, 0.2) is 0 Å². The van der Waals surface area contributed by atoms with Crippen LogP contribution in [0, 0.1) is 0 Å². The average Bonchev–Trinajstić information content (AvgIpc) is 2.70. The second-order valence-corrected chi connectivity index (χ2v) is 11.3. The fourth-order valence-corrected chi connectivity index (χ4v) is 6.00. The third-order valence-electron chi connectivity index (χ3n) is 7.79. The van der Waals surface area contributed by atoms with E-state index in [1.54, 1.807) is 0 Å². The smallest absolute Gasteiger partial charge is 0.0718 e. The Morgan fingerprint density at radius 1 is 0.839 bits per heavy atom. The Balaban J connectivity index is 1.53. The van der Waals surface area contributed by atoms with Gasteiger partial charge in [0.05, 0.1) is 38.6 Å². The molecule has 0 saturated carbocycles. The fraction of sp³-hybridized carbons (Fsp3) is 1.00. The first-order chi connectivity index (χ1) is 14.6. The molecule has 0 aromatic rings. The summed E-state index contributed by atoms with van der Waals surface area (Å²) in [4.78, 5) is 7.88. The zero-order valence-corrected chi connectivity index (χ0v) is 21.5. The Morgan fingerprint density at radius 3 is 2.10 bits per heavy atom. The molecule has 0 aliphatic carbocycles. The van der Waals surface area contributed by atoms with Gasteiger partial charge < -0.3 is 14.2 Å². The van der Waals surface area contributed by atoms with Crippen LogP contribution in [0.1, 0.15) is 68.2 Å². The van der Waals surface area contributed by atoms with E-state index in [2.05, 4.69) is 70.1 Å². The summed E-state index contributed by atoms with van der Waals surface area (Å²) in [5.74, 6) is 0. The van der Waals surface area contributed by atoms with Crippen LogP contribution in [0.3, 0.4) is 0 Å². The average molecular weight is 440 g/mol. The maximum absolute atomic E-state index is 6.33. The Hall–Kier alpha value is -0.240. The van der Waals surface area contributed by atoms with E-state index in [-0.39, 0.29) is 5.54 Å². The highest BCUT2D eigenvalue weighted by Crippen LogP contribution is 2.28. The SMILES string of the molecule is CC(CC1CN(C(C)C)C(C)(C)CO1)N1CC(CC(C)N2CCOC[C@@H]2C)OC[C@H]1C. The van der Waals surface area contributed by atoms with Crippen molar-refractivity contribution in [2.24, 2.45) is 0 Å². The lowest BCUT2D eigenvalue weighted by Crippen LogP contribution is -2.60. The topological polar surface area (TPSA) is 37.4 Å². The number of rotatable bonds is 7. The van der Waals surface area contributed by atoms with Crippen molar-refractivity contribution >= 4 is 0 Å². The highest BCUT2D eigenvalue weighted by atomic mass is 16.5. The van der Waals surface area contributed by atoms with Crippen molar-refractivity contribution in [3.8, 4) is 0 Å². The summed E-state index contributed by atoms with van der Waals surface area (Å²) in [6.07, 6.45) is 2.80. The normalized spacial score (nSPS) is 35.9. The van der Waals surface area contributed by atoms with Crippen molar-refractivity contribution in [2.75, 3.05) is 46.1 Å². The van der Waals surface area contributed by atoms with Crippen molar-refractivity contribution in [1.82, 2.24) is 14.7 Å². The van der Waals surface area contributed by atoms with Gasteiger partial charge in [0.25, 0.3) is 0 Å². The zero-order chi connectivity index (χ0) is 22.8. The Bertz CT molecular complexity index is 558. The van der Waals surface area contributed by atoms with E-state index >= 15 is 0 Å². The summed E-state index contributed by atoms with van der Waals surface area (Å²) in [5.41, 5.74) is 0.123. The van der Waals surface area contributed by atoms with Gasteiger partial charge in [-0.25, -0.2) is 0 Å². The Morgan fingerprint density at radius 2 is 1.45 bits per heavy atom. The monoisotopic (exact) mass is 439 g/mol. The Labute approximate surface area is 191 Å². The molecule has 31 heavy (non-hydrogen) atoms. The van der Waals surface area contributed by atoms with Crippen molar-refractivity contribution < 1.29 is 14.2 Å². The van der Waals surface area contributed by atoms with Crippen LogP contribution in [-0.4, -0.2) is 109 Å². The van der Waals surface area contributed by atoms with Crippen LogP contribution in [-0.2, 0) is 14.2 Å². The first-order valence-electron chi connectivity index (χ1n) is 12.7. The van der Waals surface area contributed by atoms with E-state index in [4.69, 9.17) is 14.2 Å². The largest absolute Gasteiger partial charge is 0.379 e. The van der Waals surface area contributed by atoms with Crippen LogP contribution in [0.25, 0.3) is 0 Å². The second-order valence-electron chi connectivity index (χ2n) is 11.3. The number of ether oxygens (including phenoxy) is 3. The van der Waals surface area contributed by atoms with Crippen molar-refractivity contribution in [3.05, 3.63) is 0 Å². The third kappa shape index (κ3) is 6.42. The highest BCUT2D eigenvalue weighted by molar-refractivity contribution is 4.92. The Kier molecular flexibility index (Phi) is 8.84. The molecule has 3 rings (SSSR count). The van der Waals surface area contributed by atoms with Gasteiger partial charge in [-0.05, 0) is 68.2 Å². The molecular weight excluding hydrogens is 390 g/mol. The number of nitrogens with zero attached hydrogens (tertiary/aromatic N) is 3. The van der Waals surface area contributed by atoms with Crippen molar-refractivity contribution in [1.29, 1.82) is 0 Å². The zero-order valence-electron chi connectivity index (χ0n) is 21.5. The maximum Gasteiger partial charge on any atom is 0.0718 e. The van der Waals surface area contributed by atoms with E-state index in [1.165, 1.54) is 0 Å². The van der Waals surface area contributed by atoms with Gasteiger partial charge in [0.2, 0.25) is 0 Å². The molecule has 3 fully saturated rings. The maximum atomic E-state index is 6.33. The molecule has 6 atom stereocenters. The van der Waals surface area contributed by atoms with E-state index in [0.717, 1.165) is 58.9 Å². The molecule has 0 N–H and O–H groups in total. The first kappa shape index (κ1) is 25.4. The molecule has 0 aromatic carbocycles. The number of hydrogen-bond acceptors (Lipinski definition) is 6. The van der Waals surface area contributed by atoms with Gasteiger partial charge in [-0.15, -0.1) is 0 Å². The van der Waals surface area contributed by atoms with Crippen LogP contribution < -0.4 is 0 Å². The van der Waals surface area contributed by atoms with Crippen LogP contribution in [0.4, 0.5) is 0 Å². The fourth-order valence-electron chi connectivity index (χ4n) is 6.00. The van der Waals surface area contributed by atoms with Gasteiger partial charge in [-0.1, -0.05) is 0 Å². The summed E-state index contributed by atoms with van der Waals surface area (Å²) in [6, 6.07) is 2.53. The summed E-state index contributed by atoms with van der Waals surface area (Å²) < 4.78 is 18.3. The van der Waals surface area contributed by atoms with E-state index in [1.807, 2.05) is 0 Å². The molecule has 3 aliphatic rings. The predicted molar refractivity (Wildman–Crippen MR) is 127 cm³/mol. The van der Waals surface area contributed by atoms with Crippen LogP contribution in [0.5, 0.6) is 0 Å². The van der Waals surface area contributed by atoms with Gasteiger partial charge >= 0.3 is 0 Å². The first-order valence-corrected chi connectivity index (χ1v) is 12.7. The minimum absolute atomic E-state index is 0.123. The van der Waals surface area contributed by atoms with Gasteiger partial charge in [0.1, 0.15) is 0 Å². The number of hydrogen-bond donors (Lipinski definition) is 0. The molecular formula is C25H49N3O3. The summed E-state index contributed by atoms with van der Waals surface area (Å²) in [6.45, 7) is 25.0. The molecule has 0 amide bonds. The van der Waals surface area contributed by atoms with Crippen molar-refractivity contribution in [2.45, 2.75) is 116 Å². The lowest BCUT2D eigenvalue weighted by molar-refractivity contribution is -0.127. The van der Waals surface area contributed by atoms with E-state index < -0.39 is 0 Å². The second kappa shape index (κ2) is 10.8. The standard InChI is InChI=1S/C25H49N3O3/c1-18(2)28-14-24(31-17-25(28,7)8)12-20(4)27-13-23(30-16-22(27)6)11-19(3)26-9-10-29-15-21(26)5/h18-24H,9-17H2,1-8H3/t19?,20?,21-,22+,23?,24?/m0/s1. The summed E-state index contributed by atoms with van der Waals surface area (Å²) in [5, 5.41) is 0. The van der Waals surface area contributed by atoms with Gasteiger partial charge in [-0.3, -0.25) is 14.7 Å². The van der Waals surface area contributed by atoms with E-state index in [9.17, 15) is 0 Å². The molecule has 0 spiro atoms. The molecule has 3 heterocycles. The van der Waals surface area contributed by atoms with Crippen LogP contribution in [0.2, 0.25) is 0 Å².